The van der Waals surface area contributed by atoms with Gasteiger partial charge in [0.2, 0.25) is 5.91 Å². The molecule has 2 rings (SSSR count). The highest BCUT2D eigenvalue weighted by Crippen LogP contribution is 2.29. The third kappa shape index (κ3) is 3.30. The number of nitro groups is 1. The van der Waals surface area contributed by atoms with E-state index in [0.29, 0.717) is 13.1 Å². The fraction of sp³-hybridized carbons (Fsp3) is 0.385. The summed E-state index contributed by atoms with van der Waals surface area (Å²) in [6.07, 6.45) is 0.118. The molecular formula is C13H13ClN2O5. The van der Waals surface area contributed by atoms with Gasteiger partial charge in [-0.15, -0.1) is 0 Å². The van der Waals surface area contributed by atoms with Crippen molar-refractivity contribution in [3.63, 3.8) is 0 Å². The molecular weight excluding hydrogens is 300 g/mol. The number of benzene rings is 1. The summed E-state index contributed by atoms with van der Waals surface area (Å²) in [5, 5.41) is 10.5. The van der Waals surface area contributed by atoms with Crippen molar-refractivity contribution in [1.29, 1.82) is 0 Å². The number of carbonyl (C=O) groups excluding carboxylic acids is 2. The van der Waals surface area contributed by atoms with Gasteiger partial charge in [-0.25, -0.2) is 0 Å². The molecule has 0 aliphatic carbocycles. The second kappa shape index (κ2) is 6.09. The number of nitro benzene ring substituents is 1. The molecule has 8 heteroatoms. The SMILES string of the molecule is CCN1CC(C(=O)Oc2ccc([N+](=O)[O-])c(Cl)c2)CC1=O. The molecule has 112 valence electrons. The Morgan fingerprint density at radius 3 is 2.81 bits per heavy atom. The average molecular weight is 313 g/mol. The third-order valence-electron chi connectivity index (χ3n) is 3.26. The lowest BCUT2D eigenvalue weighted by molar-refractivity contribution is -0.384. The van der Waals surface area contributed by atoms with Crippen LogP contribution in [0.1, 0.15) is 13.3 Å². The summed E-state index contributed by atoms with van der Waals surface area (Å²) in [6, 6.07) is 3.69. The van der Waals surface area contributed by atoms with Crippen LogP contribution in [0.4, 0.5) is 5.69 Å². The lowest BCUT2D eigenvalue weighted by atomic mass is 10.1. The summed E-state index contributed by atoms with van der Waals surface area (Å²) in [5.41, 5.74) is -0.260. The zero-order chi connectivity index (χ0) is 15.6. The van der Waals surface area contributed by atoms with Crippen LogP contribution in [-0.2, 0) is 9.59 Å². The Kier molecular flexibility index (Phi) is 4.42. The van der Waals surface area contributed by atoms with E-state index in [-0.39, 0.29) is 28.8 Å². The van der Waals surface area contributed by atoms with E-state index in [2.05, 4.69) is 0 Å². The van der Waals surface area contributed by atoms with Gasteiger partial charge in [-0.1, -0.05) is 11.6 Å². The van der Waals surface area contributed by atoms with Crippen LogP contribution in [0.15, 0.2) is 18.2 Å². The summed E-state index contributed by atoms with van der Waals surface area (Å²) in [5.74, 6) is -1.02. The Hall–Kier alpha value is -2.15. The van der Waals surface area contributed by atoms with Gasteiger partial charge in [-0.3, -0.25) is 19.7 Å². The minimum absolute atomic E-state index is 0.0822. The molecule has 1 aromatic carbocycles. The molecule has 21 heavy (non-hydrogen) atoms. The number of hydrogen-bond donors (Lipinski definition) is 0. The number of likely N-dealkylation sites (tertiary alicyclic amines) is 1. The maximum Gasteiger partial charge on any atom is 0.316 e. The molecule has 1 aliphatic rings. The van der Waals surface area contributed by atoms with Gasteiger partial charge in [-0.05, 0) is 13.0 Å². The van der Waals surface area contributed by atoms with Crippen molar-refractivity contribution in [3.05, 3.63) is 33.3 Å². The molecule has 1 unspecified atom stereocenters. The van der Waals surface area contributed by atoms with Gasteiger partial charge in [0.1, 0.15) is 10.8 Å². The van der Waals surface area contributed by atoms with E-state index >= 15 is 0 Å². The minimum atomic E-state index is -0.622. The van der Waals surface area contributed by atoms with Crippen molar-refractivity contribution < 1.29 is 19.2 Å². The molecule has 0 aromatic heterocycles. The van der Waals surface area contributed by atoms with Crippen LogP contribution in [0.2, 0.25) is 5.02 Å². The number of nitrogens with zero attached hydrogens (tertiary/aromatic N) is 2. The van der Waals surface area contributed by atoms with Gasteiger partial charge < -0.3 is 9.64 Å². The molecule has 0 saturated carbocycles. The van der Waals surface area contributed by atoms with Crippen molar-refractivity contribution in [2.24, 2.45) is 5.92 Å². The normalized spacial score (nSPS) is 17.9. The molecule has 1 amide bonds. The van der Waals surface area contributed by atoms with Gasteiger partial charge in [-0.2, -0.15) is 0 Å². The molecule has 1 fully saturated rings. The zero-order valence-electron chi connectivity index (χ0n) is 11.2. The maximum atomic E-state index is 12.0. The summed E-state index contributed by atoms with van der Waals surface area (Å²) in [7, 11) is 0. The van der Waals surface area contributed by atoms with Crippen LogP contribution in [0.3, 0.4) is 0 Å². The van der Waals surface area contributed by atoms with Crippen molar-refractivity contribution >= 4 is 29.2 Å². The number of amides is 1. The molecule has 1 heterocycles. The summed E-state index contributed by atoms with van der Waals surface area (Å²) >= 11 is 5.74. The van der Waals surface area contributed by atoms with Gasteiger partial charge in [0.25, 0.3) is 5.69 Å². The summed E-state index contributed by atoms with van der Waals surface area (Å²) in [6.45, 7) is 2.71. The molecule has 0 radical (unpaired) electrons. The Morgan fingerprint density at radius 1 is 1.57 bits per heavy atom. The third-order valence-corrected chi connectivity index (χ3v) is 3.57. The van der Waals surface area contributed by atoms with Gasteiger partial charge in [0.15, 0.2) is 0 Å². The molecule has 7 nitrogen and oxygen atoms in total. The lowest BCUT2D eigenvalue weighted by Crippen LogP contribution is -2.27. The Bertz CT molecular complexity index is 604. The second-order valence-corrected chi connectivity index (χ2v) is 5.03. The predicted octanol–water partition coefficient (Wildman–Crippen LogP) is 2.02. The lowest BCUT2D eigenvalue weighted by Gasteiger charge is -2.13. The van der Waals surface area contributed by atoms with Gasteiger partial charge in [0, 0.05) is 31.6 Å². The Labute approximate surface area is 125 Å². The topological polar surface area (TPSA) is 89.8 Å². The van der Waals surface area contributed by atoms with E-state index in [0.717, 1.165) is 0 Å². The fourth-order valence-electron chi connectivity index (χ4n) is 2.13. The minimum Gasteiger partial charge on any atom is -0.426 e. The van der Waals surface area contributed by atoms with Crippen LogP contribution in [0.5, 0.6) is 5.75 Å². The molecule has 0 spiro atoms. The molecule has 1 atom stereocenters. The van der Waals surface area contributed by atoms with Crippen LogP contribution in [0.25, 0.3) is 0 Å². The van der Waals surface area contributed by atoms with Crippen molar-refractivity contribution in [1.82, 2.24) is 4.90 Å². The number of halogens is 1. The highest BCUT2D eigenvalue weighted by molar-refractivity contribution is 6.32. The Morgan fingerprint density at radius 2 is 2.29 bits per heavy atom. The van der Waals surface area contributed by atoms with Crippen molar-refractivity contribution in [2.45, 2.75) is 13.3 Å². The van der Waals surface area contributed by atoms with Crippen molar-refractivity contribution in [3.8, 4) is 5.75 Å². The average Bonchev–Trinajstić information content (AvgIpc) is 2.79. The first kappa shape index (κ1) is 15.2. The summed E-state index contributed by atoms with van der Waals surface area (Å²) < 4.78 is 5.13. The van der Waals surface area contributed by atoms with E-state index in [9.17, 15) is 19.7 Å². The first-order chi connectivity index (χ1) is 9.92. The smallest absolute Gasteiger partial charge is 0.316 e. The molecule has 1 aliphatic heterocycles. The molecule has 0 N–H and O–H groups in total. The van der Waals surface area contributed by atoms with E-state index < -0.39 is 16.8 Å². The van der Waals surface area contributed by atoms with Crippen LogP contribution < -0.4 is 4.74 Å². The van der Waals surface area contributed by atoms with E-state index in [4.69, 9.17) is 16.3 Å². The van der Waals surface area contributed by atoms with Crippen molar-refractivity contribution in [2.75, 3.05) is 13.1 Å². The first-order valence-corrected chi connectivity index (χ1v) is 6.73. The number of carbonyl (C=O) groups is 2. The molecule has 1 saturated heterocycles. The van der Waals surface area contributed by atoms with E-state index in [1.165, 1.54) is 18.2 Å². The first-order valence-electron chi connectivity index (χ1n) is 6.35. The maximum absolute atomic E-state index is 12.0. The van der Waals surface area contributed by atoms with Crippen LogP contribution in [0, 0.1) is 16.0 Å². The summed E-state index contributed by atoms with van der Waals surface area (Å²) in [4.78, 5) is 35.1. The predicted molar refractivity (Wildman–Crippen MR) is 74.1 cm³/mol. The van der Waals surface area contributed by atoms with Gasteiger partial charge in [0.05, 0.1) is 10.8 Å². The monoisotopic (exact) mass is 312 g/mol. The fourth-order valence-corrected chi connectivity index (χ4v) is 2.37. The quantitative estimate of drug-likeness (QED) is 0.367. The highest BCUT2D eigenvalue weighted by Gasteiger charge is 2.34. The zero-order valence-corrected chi connectivity index (χ0v) is 12.0. The standard InChI is InChI=1S/C13H13ClN2O5/c1-2-15-7-8(5-12(15)17)13(18)21-9-3-4-11(16(19)20)10(14)6-9/h3-4,6,8H,2,5,7H2,1H3. The number of esters is 1. The van der Waals surface area contributed by atoms with E-state index in [1.54, 1.807) is 4.90 Å². The van der Waals surface area contributed by atoms with Crippen LogP contribution >= 0.6 is 11.6 Å². The molecule has 1 aromatic rings. The number of rotatable bonds is 4. The number of ether oxygens (including phenoxy) is 1. The Balaban J connectivity index is 2.05. The number of hydrogen-bond acceptors (Lipinski definition) is 5. The van der Waals surface area contributed by atoms with Crippen LogP contribution in [-0.4, -0.2) is 34.8 Å². The molecule has 0 bridgehead atoms. The van der Waals surface area contributed by atoms with E-state index in [1.807, 2.05) is 6.92 Å². The van der Waals surface area contributed by atoms with Gasteiger partial charge >= 0.3 is 5.97 Å². The highest BCUT2D eigenvalue weighted by atomic mass is 35.5. The largest absolute Gasteiger partial charge is 0.426 e. The second-order valence-electron chi connectivity index (χ2n) is 4.62.